The Morgan fingerprint density at radius 2 is 1.88 bits per heavy atom. The Labute approximate surface area is 97.0 Å². The fourth-order valence-electron chi connectivity index (χ4n) is 0.983. The number of rotatable bonds is 6. The number of nitrogens with one attached hydrogen (secondary N) is 2. The van der Waals surface area contributed by atoms with E-state index in [4.69, 9.17) is 5.73 Å². The van der Waals surface area contributed by atoms with Crippen molar-refractivity contribution in [1.29, 1.82) is 0 Å². The van der Waals surface area contributed by atoms with E-state index in [2.05, 4.69) is 10.0 Å². The average molecular weight is 251 g/mol. The Kier molecular flexibility index (Phi) is 5.91. The van der Waals surface area contributed by atoms with Crippen LogP contribution >= 0.6 is 0 Å². The molecule has 0 bridgehead atoms. The van der Waals surface area contributed by atoms with Crippen LogP contribution in [0.4, 0.5) is 0 Å². The number of sulfonamides is 1. The maximum Gasteiger partial charge on any atom is 0.235 e. The van der Waals surface area contributed by atoms with E-state index in [-0.39, 0.29) is 23.7 Å². The summed E-state index contributed by atoms with van der Waals surface area (Å²) in [6.07, 6.45) is 0.385. The Hall–Kier alpha value is -0.660. The fourth-order valence-corrected chi connectivity index (χ4v) is 2.03. The quantitative estimate of drug-likeness (QED) is 0.573. The van der Waals surface area contributed by atoms with Gasteiger partial charge in [0.25, 0.3) is 0 Å². The zero-order valence-corrected chi connectivity index (χ0v) is 10.9. The molecule has 0 heterocycles. The summed E-state index contributed by atoms with van der Waals surface area (Å²) < 4.78 is 24.8. The van der Waals surface area contributed by atoms with Crippen molar-refractivity contribution in [1.82, 2.24) is 10.0 Å². The number of carbonyl (C=O) groups is 1. The minimum Gasteiger partial charge on any atom is -0.350 e. The molecule has 0 spiro atoms. The third-order valence-corrected chi connectivity index (χ3v) is 2.99. The van der Waals surface area contributed by atoms with E-state index in [0.717, 1.165) is 0 Å². The first-order valence-electron chi connectivity index (χ1n) is 5.15. The van der Waals surface area contributed by atoms with E-state index in [9.17, 15) is 13.2 Å². The number of hydrogen-bond donors (Lipinski definition) is 3. The predicted octanol–water partition coefficient (Wildman–Crippen LogP) is -0.831. The van der Waals surface area contributed by atoms with Crippen molar-refractivity contribution >= 4 is 15.9 Å². The minimum absolute atomic E-state index is 0.0493. The molecule has 0 unspecified atom stereocenters. The molecular weight excluding hydrogens is 230 g/mol. The number of hydrogen-bond acceptors (Lipinski definition) is 4. The van der Waals surface area contributed by atoms with Crippen molar-refractivity contribution in [2.24, 2.45) is 5.73 Å². The average Bonchev–Trinajstić information content (AvgIpc) is 2.09. The highest BCUT2D eigenvalue weighted by Gasteiger charge is 2.16. The monoisotopic (exact) mass is 251 g/mol. The van der Waals surface area contributed by atoms with Gasteiger partial charge in [0, 0.05) is 5.54 Å². The summed E-state index contributed by atoms with van der Waals surface area (Å²) in [5.41, 5.74) is 4.84. The van der Waals surface area contributed by atoms with Crippen LogP contribution in [0.15, 0.2) is 0 Å². The topological polar surface area (TPSA) is 101 Å². The minimum atomic E-state index is -3.39. The van der Waals surface area contributed by atoms with Crippen molar-refractivity contribution in [3.63, 3.8) is 0 Å². The summed E-state index contributed by atoms with van der Waals surface area (Å²) in [6.45, 7) is 5.56. The smallest absolute Gasteiger partial charge is 0.235 e. The molecule has 0 saturated carbocycles. The van der Waals surface area contributed by atoms with Crippen molar-refractivity contribution < 1.29 is 13.2 Å². The third kappa shape index (κ3) is 8.63. The van der Waals surface area contributed by atoms with Crippen LogP contribution in [0.5, 0.6) is 0 Å². The van der Waals surface area contributed by atoms with Crippen LogP contribution in [0, 0.1) is 0 Å². The summed E-state index contributed by atoms with van der Waals surface area (Å²) in [4.78, 5) is 11.3. The molecular formula is C9H21N3O3S. The first-order valence-corrected chi connectivity index (χ1v) is 6.80. The normalized spacial score (nSPS) is 12.5. The zero-order chi connectivity index (χ0) is 12.8. The van der Waals surface area contributed by atoms with Gasteiger partial charge in [0.05, 0.1) is 12.3 Å². The van der Waals surface area contributed by atoms with Crippen molar-refractivity contribution in [2.75, 3.05) is 18.8 Å². The number of nitrogens with two attached hydrogens (primary N) is 1. The standard InChI is InChI=1S/C9H21N3O3S/c1-9(2,3)12-8(13)7-11-16(14,15)6-4-5-10/h11H,4-7,10H2,1-3H3,(H,12,13). The lowest BCUT2D eigenvalue weighted by molar-refractivity contribution is -0.121. The molecule has 0 aliphatic carbocycles. The van der Waals surface area contributed by atoms with Gasteiger partial charge in [0.15, 0.2) is 0 Å². The SMILES string of the molecule is CC(C)(C)NC(=O)CNS(=O)(=O)CCCN. The van der Waals surface area contributed by atoms with E-state index < -0.39 is 10.0 Å². The van der Waals surface area contributed by atoms with Crippen LogP contribution in [0.25, 0.3) is 0 Å². The highest BCUT2D eigenvalue weighted by Crippen LogP contribution is 1.97. The maximum atomic E-state index is 11.3. The van der Waals surface area contributed by atoms with Gasteiger partial charge in [-0.25, -0.2) is 13.1 Å². The molecule has 6 nitrogen and oxygen atoms in total. The molecule has 0 fully saturated rings. The summed E-state index contributed by atoms with van der Waals surface area (Å²) in [7, 11) is -3.39. The predicted molar refractivity (Wildman–Crippen MR) is 63.4 cm³/mol. The van der Waals surface area contributed by atoms with Crippen molar-refractivity contribution in [2.45, 2.75) is 32.7 Å². The van der Waals surface area contributed by atoms with Crippen molar-refractivity contribution in [3.05, 3.63) is 0 Å². The number of carbonyl (C=O) groups excluding carboxylic acids is 1. The van der Waals surface area contributed by atoms with Crippen LogP contribution in [-0.4, -0.2) is 38.7 Å². The molecule has 7 heteroatoms. The second kappa shape index (κ2) is 6.17. The highest BCUT2D eigenvalue weighted by atomic mass is 32.2. The maximum absolute atomic E-state index is 11.3. The molecule has 4 N–H and O–H groups in total. The lowest BCUT2D eigenvalue weighted by Crippen LogP contribution is -2.46. The van der Waals surface area contributed by atoms with Gasteiger partial charge in [-0.3, -0.25) is 4.79 Å². The lowest BCUT2D eigenvalue weighted by Gasteiger charge is -2.20. The van der Waals surface area contributed by atoms with Gasteiger partial charge >= 0.3 is 0 Å². The Balaban J connectivity index is 4.01. The van der Waals surface area contributed by atoms with E-state index in [1.165, 1.54) is 0 Å². The fraction of sp³-hybridized carbons (Fsp3) is 0.889. The van der Waals surface area contributed by atoms with Crippen LogP contribution in [0.1, 0.15) is 27.2 Å². The molecule has 96 valence electrons. The summed E-state index contributed by atoms with van der Waals surface area (Å²) in [6, 6.07) is 0. The largest absolute Gasteiger partial charge is 0.350 e. The van der Waals surface area contributed by atoms with Gasteiger partial charge in [-0.1, -0.05) is 0 Å². The lowest BCUT2D eigenvalue weighted by atomic mass is 10.1. The molecule has 1 amide bonds. The molecule has 0 rings (SSSR count). The Morgan fingerprint density at radius 3 is 2.31 bits per heavy atom. The number of amides is 1. The van der Waals surface area contributed by atoms with Crippen LogP contribution < -0.4 is 15.8 Å². The zero-order valence-electron chi connectivity index (χ0n) is 10.0. The molecule has 0 aliphatic heterocycles. The van der Waals surface area contributed by atoms with E-state index in [0.29, 0.717) is 13.0 Å². The molecule has 0 saturated heterocycles. The Bertz CT molecular complexity index is 319. The van der Waals surface area contributed by atoms with Crippen LogP contribution in [0.2, 0.25) is 0 Å². The first-order chi connectivity index (χ1) is 7.16. The van der Waals surface area contributed by atoms with Gasteiger partial charge in [0.1, 0.15) is 0 Å². The van der Waals surface area contributed by atoms with Crippen molar-refractivity contribution in [3.8, 4) is 0 Å². The van der Waals surface area contributed by atoms with Gasteiger partial charge in [0.2, 0.25) is 15.9 Å². The summed E-state index contributed by atoms with van der Waals surface area (Å²) in [5.74, 6) is -0.393. The summed E-state index contributed by atoms with van der Waals surface area (Å²) >= 11 is 0. The highest BCUT2D eigenvalue weighted by molar-refractivity contribution is 7.89. The molecule has 0 aromatic heterocycles. The third-order valence-electron chi connectivity index (χ3n) is 1.58. The van der Waals surface area contributed by atoms with Crippen LogP contribution in [-0.2, 0) is 14.8 Å². The second-order valence-electron chi connectivity index (χ2n) is 4.58. The van der Waals surface area contributed by atoms with Gasteiger partial charge in [-0.2, -0.15) is 0 Å². The van der Waals surface area contributed by atoms with E-state index in [1.807, 2.05) is 20.8 Å². The summed E-state index contributed by atoms with van der Waals surface area (Å²) in [5, 5.41) is 2.66. The van der Waals surface area contributed by atoms with E-state index in [1.54, 1.807) is 0 Å². The van der Waals surface area contributed by atoms with Gasteiger partial charge < -0.3 is 11.1 Å². The Morgan fingerprint density at radius 1 is 1.31 bits per heavy atom. The van der Waals surface area contributed by atoms with Gasteiger partial charge in [-0.05, 0) is 33.7 Å². The second-order valence-corrected chi connectivity index (χ2v) is 6.51. The van der Waals surface area contributed by atoms with Gasteiger partial charge in [-0.15, -0.1) is 0 Å². The van der Waals surface area contributed by atoms with E-state index >= 15 is 0 Å². The molecule has 0 aliphatic rings. The first kappa shape index (κ1) is 15.3. The molecule has 0 aromatic rings. The molecule has 0 aromatic carbocycles. The molecule has 0 radical (unpaired) electrons. The molecule has 16 heavy (non-hydrogen) atoms. The van der Waals surface area contributed by atoms with Crippen LogP contribution in [0.3, 0.4) is 0 Å². The molecule has 0 atom stereocenters.